The lowest BCUT2D eigenvalue weighted by Gasteiger charge is -2.05. The number of aromatic nitrogens is 1. The predicted octanol–water partition coefficient (Wildman–Crippen LogP) is 3.32. The van der Waals surface area contributed by atoms with Crippen LogP contribution in [0.2, 0.25) is 0 Å². The van der Waals surface area contributed by atoms with Crippen LogP contribution in [0.5, 0.6) is 0 Å². The Bertz CT molecular complexity index is 496. The van der Waals surface area contributed by atoms with Gasteiger partial charge in [-0.05, 0) is 17.7 Å². The highest BCUT2D eigenvalue weighted by atomic mass is 79.9. The van der Waals surface area contributed by atoms with Crippen LogP contribution in [0, 0.1) is 0 Å². The van der Waals surface area contributed by atoms with Crippen LogP contribution in [0.25, 0.3) is 11.1 Å². The van der Waals surface area contributed by atoms with Gasteiger partial charge < -0.3 is 0 Å². The van der Waals surface area contributed by atoms with Crippen molar-refractivity contribution in [3.8, 4) is 11.1 Å². The molecule has 1 aromatic carbocycles. The van der Waals surface area contributed by atoms with Gasteiger partial charge in [0.1, 0.15) is 0 Å². The number of nitrogens with zero attached hydrogens (tertiary/aromatic N) is 1. The van der Waals surface area contributed by atoms with Gasteiger partial charge in [-0.15, -0.1) is 0 Å². The number of hydrogen-bond donors (Lipinski definition) is 0. The first-order chi connectivity index (χ1) is 7.33. The van der Waals surface area contributed by atoms with E-state index in [2.05, 4.69) is 20.9 Å². The standard InChI is InChI=1S/C12H8BrNO/c13-12-4-2-1-3-10(12)11-7-14-6-5-9(11)8-15/h1-8H. The zero-order chi connectivity index (χ0) is 10.7. The SMILES string of the molecule is O=Cc1ccncc1-c1ccccc1Br. The first-order valence-electron chi connectivity index (χ1n) is 4.47. The van der Waals surface area contributed by atoms with Crippen LogP contribution in [0.1, 0.15) is 10.4 Å². The van der Waals surface area contributed by atoms with Gasteiger partial charge in [0.2, 0.25) is 0 Å². The Morgan fingerprint density at radius 3 is 2.67 bits per heavy atom. The zero-order valence-corrected chi connectivity index (χ0v) is 9.44. The number of hydrogen-bond acceptors (Lipinski definition) is 2. The van der Waals surface area contributed by atoms with Gasteiger partial charge in [-0.2, -0.15) is 0 Å². The van der Waals surface area contributed by atoms with Gasteiger partial charge in [0.25, 0.3) is 0 Å². The van der Waals surface area contributed by atoms with Gasteiger partial charge in [-0.25, -0.2) is 0 Å². The van der Waals surface area contributed by atoms with Gasteiger partial charge in [0, 0.05) is 28.0 Å². The highest BCUT2D eigenvalue weighted by Gasteiger charge is 2.06. The second-order valence-corrected chi connectivity index (χ2v) is 3.91. The molecule has 1 heterocycles. The van der Waals surface area contributed by atoms with E-state index < -0.39 is 0 Å². The quantitative estimate of drug-likeness (QED) is 0.777. The molecule has 0 amide bonds. The van der Waals surface area contributed by atoms with Crippen LogP contribution >= 0.6 is 15.9 Å². The maximum Gasteiger partial charge on any atom is 0.150 e. The van der Waals surface area contributed by atoms with Crippen molar-refractivity contribution in [3.05, 3.63) is 52.8 Å². The van der Waals surface area contributed by atoms with E-state index >= 15 is 0 Å². The molecule has 2 rings (SSSR count). The van der Waals surface area contributed by atoms with Crippen LogP contribution < -0.4 is 0 Å². The Labute approximate surface area is 96.1 Å². The summed E-state index contributed by atoms with van der Waals surface area (Å²) in [6.45, 7) is 0. The minimum Gasteiger partial charge on any atom is -0.298 e. The zero-order valence-electron chi connectivity index (χ0n) is 7.85. The van der Waals surface area contributed by atoms with E-state index in [0.29, 0.717) is 5.56 Å². The molecular weight excluding hydrogens is 254 g/mol. The van der Waals surface area contributed by atoms with Gasteiger partial charge in [0.15, 0.2) is 6.29 Å². The van der Waals surface area contributed by atoms with E-state index in [9.17, 15) is 4.79 Å². The number of halogens is 1. The average Bonchev–Trinajstić information content (AvgIpc) is 2.30. The molecule has 0 fully saturated rings. The molecule has 3 heteroatoms. The van der Waals surface area contributed by atoms with Crippen molar-refractivity contribution in [1.82, 2.24) is 4.98 Å². The maximum absolute atomic E-state index is 10.9. The summed E-state index contributed by atoms with van der Waals surface area (Å²) in [7, 11) is 0. The molecule has 0 bridgehead atoms. The average molecular weight is 262 g/mol. The Hall–Kier alpha value is -1.48. The number of rotatable bonds is 2. The lowest BCUT2D eigenvalue weighted by atomic mass is 10.0. The largest absolute Gasteiger partial charge is 0.298 e. The lowest BCUT2D eigenvalue weighted by molar-refractivity contribution is 0.112. The van der Waals surface area contributed by atoms with Crippen LogP contribution in [0.4, 0.5) is 0 Å². The summed E-state index contributed by atoms with van der Waals surface area (Å²) in [4.78, 5) is 14.9. The molecule has 0 aliphatic rings. The van der Waals surface area contributed by atoms with E-state index in [4.69, 9.17) is 0 Å². The van der Waals surface area contributed by atoms with Crippen molar-refractivity contribution < 1.29 is 4.79 Å². The van der Waals surface area contributed by atoms with Crippen LogP contribution in [0.15, 0.2) is 47.2 Å². The fraction of sp³-hybridized carbons (Fsp3) is 0. The highest BCUT2D eigenvalue weighted by molar-refractivity contribution is 9.10. The van der Waals surface area contributed by atoms with E-state index in [1.54, 1.807) is 18.5 Å². The van der Waals surface area contributed by atoms with E-state index in [1.807, 2.05) is 24.3 Å². The van der Waals surface area contributed by atoms with E-state index in [1.165, 1.54) is 0 Å². The molecule has 2 aromatic rings. The molecule has 0 saturated carbocycles. The third-order valence-electron chi connectivity index (χ3n) is 2.15. The van der Waals surface area contributed by atoms with Crippen LogP contribution in [-0.4, -0.2) is 11.3 Å². The Morgan fingerprint density at radius 1 is 1.13 bits per heavy atom. The highest BCUT2D eigenvalue weighted by Crippen LogP contribution is 2.28. The molecule has 0 N–H and O–H groups in total. The smallest absolute Gasteiger partial charge is 0.150 e. The molecule has 0 unspecified atom stereocenters. The Balaban J connectivity index is 2.64. The van der Waals surface area contributed by atoms with Crippen LogP contribution in [-0.2, 0) is 0 Å². The first kappa shape index (κ1) is 10.1. The number of aldehydes is 1. The predicted molar refractivity (Wildman–Crippen MR) is 62.8 cm³/mol. The number of carbonyl (C=O) groups excluding carboxylic acids is 1. The third kappa shape index (κ3) is 1.97. The van der Waals surface area contributed by atoms with Gasteiger partial charge in [-0.1, -0.05) is 34.1 Å². The Morgan fingerprint density at radius 2 is 1.93 bits per heavy atom. The molecule has 0 radical (unpaired) electrons. The van der Waals surface area contributed by atoms with Crippen molar-refractivity contribution >= 4 is 22.2 Å². The van der Waals surface area contributed by atoms with Crippen molar-refractivity contribution in [1.29, 1.82) is 0 Å². The summed E-state index contributed by atoms with van der Waals surface area (Å²) in [5.74, 6) is 0. The first-order valence-corrected chi connectivity index (χ1v) is 5.26. The third-order valence-corrected chi connectivity index (χ3v) is 2.84. The Kier molecular flexibility index (Phi) is 2.92. The second-order valence-electron chi connectivity index (χ2n) is 3.06. The molecule has 15 heavy (non-hydrogen) atoms. The summed E-state index contributed by atoms with van der Waals surface area (Å²) in [6, 6.07) is 9.47. The summed E-state index contributed by atoms with van der Waals surface area (Å²) >= 11 is 3.45. The minimum absolute atomic E-state index is 0.650. The topological polar surface area (TPSA) is 30.0 Å². The fourth-order valence-corrected chi connectivity index (χ4v) is 1.91. The van der Waals surface area contributed by atoms with Gasteiger partial charge in [0.05, 0.1) is 0 Å². The van der Waals surface area contributed by atoms with Crippen molar-refractivity contribution in [2.24, 2.45) is 0 Å². The van der Waals surface area contributed by atoms with Gasteiger partial charge in [-0.3, -0.25) is 9.78 Å². The molecule has 0 saturated heterocycles. The number of pyridine rings is 1. The summed E-state index contributed by atoms with van der Waals surface area (Å²) in [5, 5.41) is 0. The molecule has 0 aliphatic carbocycles. The number of carbonyl (C=O) groups is 1. The molecule has 0 spiro atoms. The molecule has 0 atom stereocenters. The van der Waals surface area contributed by atoms with Gasteiger partial charge >= 0.3 is 0 Å². The second kappa shape index (κ2) is 4.36. The minimum atomic E-state index is 0.650. The fourth-order valence-electron chi connectivity index (χ4n) is 1.41. The van der Waals surface area contributed by atoms with Crippen molar-refractivity contribution in [2.75, 3.05) is 0 Å². The summed E-state index contributed by atoms with van der Waals surface area (Å²) in [6.07, 6.45) is 4.16. The summed E-state index contributed by atoms with van der Waals surface area (Å²) in [5.41, 5.74) is 2.48. The number of benzene rings is 1. The maximum atomic E-state index is 10.9. The molecule has 0 aliphatic heterocycles. The molecule has 1 aromatic heterocycles. The van der Waals surface area contributed by atoms with E-state index in [-0.39, 0.29) is 0 Å². The molecule has 74 valence electrons. The molecule has 2 nitrogen and oxygen atoms in total. The monoisotopic (exact) mass is 261 g/mol. The van der Waals surface area contributed by atoms with Crippen LogP contribution in [0.3, 0.4) is 0 Å². The normalized spacial score (nSPS) is 9.93. The van der Waals surface area contributed by atoms with Crippen molar-refractivity contribution in [2.45, 2.75) is 0 Å². The summed E-state index contributed by atoms with van der Waals surface area (Å²) < 4.78 is 0.959. The molecular formula is C12H8BrNO. The lowest BCUT2D eigenvalue weighted by Crippen LogP contribution is -1.89. The van der Waals surface area contributed by atoms with E-state index in [0.717, 1.165) is 21.9 Å². The van der Waals surface area contributed by atoms with Crippen molar-refractivity contribution in [3.63, 3.8) is 0 Å².